The maximum Gasteiger partial charge on any atom is 0.221 e. The molecule has 2 N–H and O–H groups in total. The number of amides is 1. The van der Waals surface area contributed by atoms with E-state index in [4.69, 9.17) is 11.6 Å². The number of nitrogens with one attached hydrogen (secondary N) is 2. The van der Waals surface area contributed by atoms with Gasteiger partial charge in [-0.25, -0.2) is 0 Å². The number of hydrogen-bond acceptors (Lipinski definition) is 2. The Labute approximate surface area is 108 Å². The molecule has 1 amide bonds. The van der Waals surface area contributed by atoms with Gasteiger partial charge in [-0.05, 0) is 37.6 Å². The fourth-order valence-corrected chi connectivity index (χ4v) is 1.62. The Hall–Kier alpha value is -1.06. The topological polar surface area (TPSA) is 41.1 Å². The standard InChI is InChI=1S/C13H19ClN2O/c1-2-16-13(17)8-10-15-9-7-11-3-5-12(14)6-4-11/h3-6,15H,2,7-10H2,1H3,(H,16,17). The van der Waals surface area contributed by atoms with Crippen molar-refractivity contribution >= 4 is 17.5 Å². The van der Waals surface area contributed by atoms with Crippen LogP contribution in [0.4, 0.5) is 0 Å². The summed E-state index contributed by atoms with van der Waals surface area (Å²) in [7, 11) is 0. The van der Waals surface area contributed by atoms with Gasteiger partial charge in [0.15, 0.2) is 0 Å². The van der Waals surface area contributed by atoms with Gasteiger partial charge in [0, 0.05) is 24.5 Å². The summed E-state index contributed by atoms with van der Waals surface area (Å²) in [6.45, 7) is 4.22. The molecule has 0 aliphatic rings. The van der Waals surface area contributed by atoms with Crippen molar-refractivity contribution in [1.29, 1.82) is 0 Å². The van der Waals surface area contributed by atoms with Crippen LogP contribution in [0.5, 0.6) is 0 Å². The summed E-state index contributed by atoms with van der Waals surface area (Å²) in [5.74, 6) is 0.103. The monoisotopic (exact) mass is 254 g/mol. The molecule has 0 radical (unpaired) electrons. The number of benzene rings is 1. The van der Waals surface area contributed by atoms with E-state index in [1.54, 1.807) is 0 Å². The van der Waals surface area contributed by atoms with Crippen LogP contribution in [0, 0.1) is 0 Å². The van der Waals surface area contributed by atoms with Gasteiger partial charge in [0.25, 0.3) is 0 Å². The van der Waals surface area contributed by atoms with Crippen LogP contribution in [-0.2, 0) is 11.2 Å². The summed E-state index contributed by atoms with van der Waals surface area (Å²) in [5.41, 5.74) is 1.25. The minimum Gasteiger partial charge on any atom is -0.356 e. The molecule has 4 heteroatoms. The van der Waals surface area contributed by atoms with Gasteiger partial charge in [-0.3, -0.25) is 4.79 Å². The highest BCUT2D eigenvalue weighted by Crippen LogP contribution is 2.09. The van der Waals surface area contributed by atoms with Crippen molar-refractivity contribution < 1.29 is 4.79 Å². The zero-order valence-corrected chi connectivity index (χ0v) is 10.9. The van der Waals surface area contributed by atoms with Gasteiger partial charge < -0.3 is 10.6 Å². The zero-order chi connectivity index (χ0) is 12.5. The molecule has 3 nitrogen and oxygen atoms in total. The first-order chi connectivity index (χ1) is 8.22. The van der Waals surface area contributed by atoms with E-state index >= 15 is 0 Å². The molecule has 0 aliphatic carbocycles. The third kappa shape index (κ3) is 6.29. The number of carbonyl (C=O) groups is 1. The molecular weight excluding hydrogens is 236 g/mol. The van der Waals surface area contributed by atoms with Gasteiger partial charge in [-0.1, -0.05) is 23.7 Å². The Balaban J connectivity index is 2.08. The lowest BCUT2D eigenvalue weighted by molar-refractivity contribution is -0.120. The van der Waals surface area contributed by atoms with E-state index in [9.17, 15) is 4.79 Å². The van der Waals surface area contributed by atoms with Crippen LogP contribution in [0.25, 0.3) is 0 Å². The first kappa shape index (κ1) is 14.0. The van der Waals surface area contributed by atoms with Gasteiger partial charge >= 0.3 is 0 Å². The second kappa shape index (κ2) is 8.09. The molecule has 0 aromatic heterocycles. The van der Waals surface area contributed by atoms with E-state index in [1.165, 1.54) is 5.56 Å². The molecule has 1 aromatic rings. The number of hydrogen-bond donors (Lipinski definition) is 2. The van der Waals surface area contributed by atoms with Crippen molar-refractivity contribution in [2.24, 2.45) is 0 Å². The van der Waals surface area contributed by atoms with Crippen LogP contribution < -0.4 is 10.6 Å². The molecule has 94 valence electrons. The lowest BCUT2D eigenvalue weighted by Gasteiger charge is -2.05. The van der Waals surface area contributed by atoms with Crippen molar-refractivity contribution in [2.75, 3.05) is 19.6 Å². The van der Waals surface area contributed by atoms with Crippen LogP contribution >= 0.6 is 11.6 Å². The third-order valence-electron chi connectivity index (χ3n) is 2.41. The van der Waals surface area contributed by atoms with Crippen molar-refractivity contribution in [1.82, 2.24) is 10.6 Å². The van der Waals surface area contributed by atoms with E-state index in [2.05, 4.69) is 10.6 Å². The first-order valence-electron chi connectivity index (χ1n) is 5.94. The van der Waals surface area contributed by atoms with Gasteiger partial charge in [-0.2, -0.15) is 0 Å². The molecule has 0 spiro atoms. The quantitative estimate of drug-likeness (QED) is 0.731. The lowest BCUT2D eigenvalue weighted by Crippen LogP contribution is -2.28. The molecule has 0 aliphatic heterocycles. The molecular formula is C13H19ClN2O. The molecule has 1 aromatic carbocycles. The molecule has 0 atom stereocenters. The lowest BCUT2D eigenvalue weighted by atomic mass is 10.1. The van der Waals surface area contributed by atoms with Crippen molar-refractivity contribution in [3.05, 3.63) is 34.9 Å². The predicted molar refractivity (Wildman–Crippen MR) is 71.3 cm³/mol. The molecule has 0 saturated carbocycles. The average Bonchev–Trinajstić information content (AvgIpc) is 2.31. The molecule has 0 saturated heterocycles. The van der Waals surface area contributed by atoms with Gasteiger partial charge in [-0.15, -0.1) is 0 Å². The predicted octanol–water partition coefficient (Wildman–Crippen LogP) is 2.00. The highest BCUT2D eigenvalue weighted by molar-refractivity contribution is 6.30. The van der Waals surface area contributed by atoms with Crippen LogP contribution in [0.3, 0.4) is 0 Å². The molecule has 17 heavy (non-hydrogen) atoms. The highest BCUT2D eigenvalue weighted by atomic mass is 35.5. The maximum atomic E-state index is 11.1. The van der Waals surface area contributed by atoms with Gasteiger partial charge in [0.1, 0.15) is 0 Å². The second-order valence-electron chi connectivity index (χ2n) is 3.83. The fourth-order valence-electron chi connectivity index (χ4n) is 1.50. The fraction of sp³-hybridized carbons (Fsp3) is 0.462. The highest BCUT2D eigenvalue weighted by Gasteiger charge is 1.98. The van der Waals surface area contributed by atoms with E-state index in [0.29, 0.717) is 13.0 Å². The minimum atomic E-state index is 0.103. The smallest absolute Gasteiger partial charge is 0.221 e. The van der Waals surface area contributed by atoms with Crippen LogP contribution in [0.1, 0.15) is 18.9 Å². The molecule has 1 rings (SSSR count). The Bertz CT molecular complexity index is 338. The maximum absolute atomic E-state index is 11.1. The van der Waals surface area contributed by atoms with Crippen LogP contribution in [0.15, 0.2) is 24.3 Å². The second-order valence-corrected chi connectivity index (χ2v) is 4.27. The van der Waals surface area contributed by atoms with E-state index in [-0.39, 0.29) is 5.91 Å². The Morgan fingerprint density at radius 3 is 2.59 bits per heavy atom. The van der Waals surface area contributed by atoms with Crippen molar-refractivity contribution in [3.8, 4) is 0 Å². The number of carbonyl (C=O) groups excluding carboxylic acids is 1. The summed E-state index contributed by atoms with van der Waals surface area (Å²) >= 11 is 5.80. The normalized spacial score (nSPS) is 10.2. The zero-order valence-electron chi connectivity index (χ0n) is 10.1. The number of rotatable bonds is 7. The Morgan fingerprint density at radius 1 is 1.24 bits per heavy atom. The summed E-state index contributed by atoms with van der Waals surface area (Å²) in [4.78, 5) is 11.1. The largest absolute Gasteiger partial charge is 0.356 e. The summed E-state index contributed by atoms with van der Waals surface area (Å²) in [6, 6.07) is 7.83. The van der Waals surface area contributed by atoms with E-state index in [1.807, 2.05) is 31.2 Å². The van der Waals surface area contributed by atoms with E-state index < -0.39 is 0 Å². The number of halogens is 1. The molecule has 0 bridgehead atoms. The van der Waals surface area contributed by atoms with E-state index in [0.717, 1.165) is 24.5 Å². The summed E-state index contributed by atoms with van der Waals surface area (Å²) < 4.78 is 0. The van der Waals surface area contributed by atoms with Crippen LogP contribution in [0.2, 0.25) is 5.02 Å². The van der Waals surface area contributed by atoms with Gasteiger partial charge in [0.05, 0.1) is 0 Å². The Morgan fingerprint density at radius 2 is 1.94 bits per heavy atom. The SMILES string of the molecule is CCNC(=O)CCNCCc1ccc(Cl)cc1. The molecule has 0 heterocycles. The Kier molecular flexibility index (Phi) is 6.67. The van der Waals surface area contributed by atoms with Crippen molar-refractivity contribution in [2.45, 2.75) is 19.8 Å². The summed E-state index contributed by atoms with van der Waals surface area (Å²) in [6.07, 6.45) is 1.49. The minimum absolute atomic E-state index is 0.103. The summed E-state index contributed by atoms with van der Waals surface area (Å²) in [5, 5.41) is 6.77. The first-order valence-corrected chi connectivity index (χ1v) is 6.32. The molecule has 0 fully saturated rings. The van der Waals surface area contributed by atoms with Gasteiger partial charge in [0.2, 0.25) is 5.91 Å². The molecule has 0 unspecified atom stereocenters. The van der Waals surface area contributed by atoms with Crippen molar-refractivity contribution in [3.63, 3.8) is 0 Å². The third-order valence-corrected chi connectivity index (χ3v) is 2.66. The average molecular weight is 255 g/mol. The van der Waals surface area contributed by atoms with Crippen LogP contribution in [-0.4, -0.2) is 25.5 Å².